The van der Waals surface area contributed by atoms with Crippen molar-refractivity contribution < 1.29 is 29.0 Å². The number of rotatable bonds is 4. The minimum atomic E-state index is -1.27. The summed E-state index contributed by atoms with van der Waals surface area (Å²) in [6, 6.07) is 1.86. The molecule has 156 valence electrons. The number of Topliss-reactive ketones (excluding diaryl/α,β-unsaturated/α-hetero) is 1. The van der Waals surface area contributed by atoms with Crippen LogP contribution in [0.3, 0.4) is 0 Å². The zero-order valence-electron chi connectivity index (χ0n) is 17.4. The molecule has 6 unspecified atom stereocenters. The molecule has 2 fully saturated rings. The second kappa shape index (κ2) is 6.99. The van der Waals surface area contributed by atoms with Gasteiger partial charge in [0.15, 0.2) is 5.78 Å². The van der Waals surface area contributed by atoms with Crippen molar-refractivity contribution in [1.29, 1.82) is 0 Å². The van der Waals surface area contributed by atoms with Crippen molar-refractivity contribution >= 4 is 11.8 Å². The lowest BCUT2D eigenvalue weighted by Gasteiger charge is -2.64. The highest BCUT2D eigenvalue weighted by Crippen LogP contribution is 2.63. The minimum Gasteiger partial charge on any atom is -0.472 e. The van der Waals surface area contributed by atoms with Crippen LogP contribution in [0.25, 0.3) is 0 Å². The van der Waals surface area contributed by atoms with Crippen LogP contribution in [0, 0.1) is 22.7 Å². The molecular formula is C22H32O6. The average molecular weight is 392 g/mol. The number of fused-ring (bicyclic) bond motifs is 1. The zero-order valence-corrected chi connectivity index (χ0v) is 17.4. The third-order valence-electron chi connectivity index (χ3n) is 7.67. The van der Waals surface area contributed by atoms with Gasteiger partial charge in [0.25, 0.3) is 0 Å². The highest BCUT2D eigenvalue weighted by Gasteiger charge is 2.69. The number of carbonyl (C=O) groups excluding carboxylic acids is 2. The van der Waals surface area contributed by atoms with E-state index in [1.807, 2.05) is 26.8 Å². The van der Waals surface area contributed by atoms with Gasteiger partial charge in [-0.3, -0.25) is 9.59 Å². The molecule has 0 saturated heterocycles. The smallest absolute Gasteiger partial charge is 0.302 e. The normalized spacial score (nSPS) is 40.0. The van der Waals surface area contributed by atoms with Crippen molar-refractivity contribution in [3.05, 3.63) is 24.2 Å². The summed E-state index contributed by atoms with van der Waals surface area (Å²) in [5.41, 5.74) is -1.66. The van der Waals surface area contributed by atoms with E-state index in [0.29, 0.717) is 25.7 Å². The molecule has 2 saturated carbocycles. The molecule has 2 aliphatic carbocycles. The van der Waals surface area contributed by atoms with Gasteiger partial charge in [-0.05, 0) is 37.3 Å². The summed E-state index contributed by atoms with van der Waals surface area (Å²) in [5.74, 6) is -1.91. The summed E-state index contributed by atoms with van der Waals surface area (Å²) >= 11 is 0. The van der Waals surface area contributed by atoms with E-state index in [1.165, 1.54) is 6.92 Å². The summed E-state index contributed by atoms with van der Waals surface area (Å²) < 4.78 is 10.7. The van der Waals surface area contributed by atoms with Crippen LogP contribution in [-0.4, -0.2) is 39.8 Å². The van der Waals surface area contributed by atoms with E-state index in [1.54, 1.807) is 19.5 Å². The summed E-state index contributed by atoms with van der Waals surface area (Å²) in [6.45, 7) is 8.91. The molecule has 6 atom stereocenters. The van der Waals surface area contributed by atoms with Crippen LogP contribution in [0.2, 0.25) is 0 Å². The predicted octanol–water partition coefficient (Wildman–Crippen LogP) is 2.90. The monoisotopic (exact) mass is 392 g/mol. The summed E-state index contributed by atoms with van der Waals surface area (Å²) in [5, 5.41) is 22.9. The Kier molecular flexibility index (Phi) is 5.26. The van der Waals surface area contributed by atoms with Gasteiger partial charge in [0, 0.05) is 29.6 Å². The van der Waals surface area contributed by atoms with Crippen molar-refractivity contribution in [3.8, 4) is 0 Å². The lowest BCUT2D eigenvalue weighted by Crippen LogP contribution is -2.71. The number of esters is 1. The summed E-state index contributed by atoms with van der Waals surface area (Å²) in [6.07, 6.45) is 3.77. The Morgan fingerprint density at radius 1 is 1.36 bits per heavy atom. The van der Waals surface area contributed by atoms with Gasteiger partial charge in [-0.25, -0.2) is 0 Å². The molecule has 0 aliphatic heterocycles. The van der Waals surface area contributed by atoms with E-state index in [9.17, 15) is 19.8 Å². The fourth-order valence-corrected chi connectivity index (χ4v) is 6.05. The third-order valence-corrected chi connectivity index (χ3v) is 7.67. The maximum Gasteiger partial charge on any atom is 0.302 e. The number of hydrogen-bond acceptors (Lipinski definition) is 6. The van der Waals surface area contributed by atoms with Gasteiger partial charge in [0.2, 0.25) is 0 Å². The molecule has 3 rings (SSSR count). The van der Waals surface area contributed by atoms with Gasteiger partial charge >= 0.3 is 5.97 Å². The van der Waals surface area contributed by atoms with E-state index in [4.69, 9.17) is 9.15 Å². The van der Waals surface area contributed by atoms with Crippen LogP contribution >= 0.6 is 0 Å². The first-order chi connectivity index (χ1) is 12.9. The highest BCUT2D eigenvalue weighted by atomic mass is 16.5. The van der Waals surface area contributed by atoms with E-state index in [0.717, 1.165) is 5.56 Å². The molecule has 1 heterocycles. The fraction of sp³-hybridized carbons (Fsp3) is 0.727. The first-order valence-corrected chi connectivity index (χ1v) is 10.1. The second-order valence-electron chi connectivity index (χ2n) is 9.48. The molecule has 0 amide bonds. The summed E-state index contributed by atoms with van der Waals surface area (Å²) in [4.78, 5) is 24.6. The predicted molar refractivity (Wildman–Crippen MR) is 102 cm³/mol. The molecular weight excluding hydrogens is 360 g/mol. The van der Waals surface area contributed by atoms with Crippen molar-refractivity contribution in [2.45, 2.75) is 78.1 Å². The van der Waals surface area contributed by atoms with Gasteiger partial charge in [0.1, 0.15) is 12.2 Å². The third kappa shape index (κ3) is 3.01. The maximum atomic E-state index is 13.0. The van der Waals surface area contributed by atoms with Crippen LogP contribution in [0.15, 0.2) is 23.0 Å². The highest BCUT2D eigenvalue weighted by molar-refractivity contribution is 5.88. The molecule has 2 aliphatic rings. The van der Waals surface area contributed by atoms with Gasteiger partial charge in [-0.15, -0.1) is 0 Å². The van der Waals surface area contributed by atoms with Crippen LogP contribution in [0.1, 0.15) is 59.4 Å². The van der Waals surface area contributed by atoms with Crippen molar-refractivity contribution in [2.24, 2.45) is 22.7 Å². The number of ketones is 1. The maximum absolute atomic E-state index is 13.0. The van der Waals surface area contributed by atoms with E-state index >= 15 is 0 Å². The van der Waals surface area contributed by atoms with E-state index in [2.05, 4.69) is 0 Å². The van der Waals surface area contributed by atoms with Crippen LogP contribution in [0.5, 0.6) is 0 Å². The molecule has 28 heavy (non-hydrogen) atoms. The van der Waals surface area contributed by atoms with Crippen LogP contribution in [-0.2, 0) is 20.7 Å². The number of carbonyl (C=O) groups is 2. The van der Waals surface area contributed by atoms with Gasteiger partial charge in [0.05, 0.1) is 18.1 Å². The number of aliphatic hydroxyl groups excluding tert-OH is 1. The van der Waals surface area contributed by atoms with Crippen molar-refractivity contribution in [1.82, 2.24) is 0 Å². The average Bonchev–Trinajstić information content (AvgIpc) is 3.12. The number of furan rings is 1. The molecule has 1 aromatic rings. The first kappa shape index (κ1) is 21.1. The van der Waals surface area contributed by atoms with Gasteiger partial charge in [-0.2, -0.15) is 0 Å². The Hall–Kier alpha value is -1.66. The second-order valence-corrected chi connectivity index (χ2v) is 9.48. The Balaban J connectivity index is 2.00. The van der Waals surface area contributed by atoms with Crippen molar-refractivity contribution in [3.63, 3.8) is 0 Å². The molecule has 0 radical (unpaired) electrons. The minimum absolute atomic E-state index is 0.339. The van der Waals surface area contributed by atoms with Crippen LogP contribution in [0.4, 0.5) is 0 Å². The Morgan fingerprint density at radius 2 is 2.04 bits per heavy atom. The van der Waals surface area contributed by atoms with E-state index in [-0.39, 0.29) is 11.8 Å². The Bertz CT molecular complexity index is 738. The van der Waals surface area contributed by atoms with Crippen molar-refractivity contribution in [2.75, 3.05) is 0 Å². The quantitative estimate of drug-likeness (QED) is 0.765. The first-order valence-electron chi connectivity index (χ1n) is 10.1. The van der Waals surface area contributed by atoms with Gasteiger partial charge < -0.3 is 19.4 Å². The molecule has 0 bridgehead atoms. The lowest BCUT2D eigenvalue weighted by atomic mass is 9.42. The standard InChI is InChI=1S/C22H32O6/c1-13-17(24)18(25)19-20(3,4)16(28-14(2)23)7-9-21(19,5)22(13,26)10-6-15-8-11-27-12-15/h8,11-13,16,18-19,25-26H,6-7,9-10H2,1-5H3. The molecule has 0 spiro atoms. The molecule has 1 aromatic heterocycles. The molecule has 6 nitrogen and oxygen atoms in total. The Morgan fingerprint density at radius 3 is 2.61 bits per heavy atom. The SMILES string of the molecule is CC(=O)OC1CCC2(C)C(C(O)C(=O)C(C)C2(O)CCc2ccoc2)C1(C)C. The molecule has 2 N–H and O–H groups in total. The molecule has 0 aromatic carbocycles. The lowest BCUT2D eigenvalue weighted by molar-refractivity contribution is -0.252. The largest absolute Gasteiger partial charge is 0.472 e. The van der Waals surface area contributed by atoms with E-state index < -0.39 is 40.5 Å². The number of aliphatic hydroxyl groups is 2. The van der Waals surface area contributed by atoms with Crippen LogP contribution < -0.4 is 0 Å². The topological polar surface area (TPSA) is 97.0 Å². The fourth-order valence-electron chi connectivity index (χ4n) is 6.05. The number of ether oxygens (including phenoxy) is 1. The van der Waals surface area contributed by atoms with Gasteiger partial charge in [-0.1, -0.05) is 27.7 Å². The summed E-state index contributed by atoms with van der Waals surface area (Å²) in [7, 11) is 0. The number of hydrogen-bond donors (Lipinski definition) is 2. The zero-order chi connectivity index (χ0) is 20.9. The Labute approximate surface area is 166 Å². The number of aryl methyl sites for hydroxylation is 1. The molecule has 6 heteroatoms.